The predicted molar refractivity (Wildman–Crippen MR) is 75.8 cm³/mol. The summed E-state index contributed by atoms with van der Waals surface area (Å²) in [6.45, 7) is 10.4. The molecule has 0 unspecified atom stereocenters. The van der Waals surface area contributed by atoms with Crippen LogP contribution in [0.1, 0.15) is 40.5 Å². The highest BCUT2D eigenvalue weighted by Crippen LogP contribution is 2.20. The van der Waals surface area contributed by atoms with Gasteiger partial charge in [-0.3, -0.25) is 10.1 Å². The maximum Gasteiger partial charge on any atom is 0.158 e. The third-order valence-electron chi connectivity index (χ3n) is 2.62. The van der Waals surface area contributed by atoms with Gasteiger partial charge in [0, 0.05) is 6.42 Å². The van der Waals surface area contributed by atoms with Gasteiger partial charge in [-0.1, -0.05) is 23.8 Å². The molecular weight excluding hydrogens is 244 g/mol. The lowest BCUT2D eigenvalue weighted by Gasteiger charge is -2.22. The van der Waals surface area contributed by atoms with E-state index in [2.05, 4.69) is 11.5 Å². The van der Waals surface area contributed by atoms with E-state index in [9.17, 15) is 9.90 Å². The molecule has 0 fully saturated rings. The van der Waals surface area contributed by atoms with E-state index < -0.39 is 11.2 Å². The van der Waals surface area contributed by atoms with Crippen molar-refractivity contribution in [1.82, 2.24) is 0 Å². The van der Waals surface area contributed by atoms with Gasteiger partial charge in [0.1, 0.15) is 5.60 Å². The molecule has 0 saturated heterocycles. The van der Waals surface area contributed by atoms with E-state index in [1.807, 2.05) is 13.8 Å². The van der Waals surface area contributed by atoms with Crippen molar-refractivity contribution in [2.75, 3.05) is 0 Å². The van der Waals surface area contributed by atoms with Gasteiger partial charge in [-0.05, 0) is 40.2 Å². The number of carbonyl (C=O) groups is 1. The van der Waals surface area contributed by atoms with Crippen LogP contribution in [0.15, 0.2) is 36.5 Å². The Kier molecular flexibility index (Phi) is 6.90. The first kappa shape index (κ1) is 17.8. The molecular formula is C15H24O4. The van der Waals surface area contributed by atoms with Crippen LogP contribution >= 0.6 is 0 Å². The quantitative estimate of drug-likeness (QED) is 0.307. The average molecular weight is 268 g/mol. The van der Waals surface area contributed by atoms with E-state index in [1.165, 1.54) is 12.2 Å². The summed E-state index contributed by atoms with van der Waals surface area (Å²) < 4.78 is 0. The first-order valence-corrected chi connectivity index (χ1v) is 6.18. The molecule has 2 N–H and O–H groups in total. The summed E-state index contributed by atoms with van der Waals surface area (Å²) in [6.07, 6.45) is 6.52. The maximum absolute atomic E-state index is 11.7. The molecule has 0 aromatic rings. The zero-order chi connectivity index (χ0) is 15.1. The lowest BCUT2D eigenvalue weighted by Crippen LogP contribution is -2.28. The fourth-order valence-corrected chi connectivity index (χ4v) is 1.47. The molecule has 0 spiro atoms. The number of hydrogen-bond acceptors (Lipinski definition) is 4. The minimum absolute atomic E-state index is 0.0292. The fraction of sp³-hybridized carbons (Fsp3) is 0.533. The second kappa shape index (κ2) is 7.38. The van der Waals surface area contributed by atoms with Crippen molar-refractivity contribution < 1.29 is 20.0 Å². The molecule has 0 amide bonds. The van der Waals surface area contributed by atoms with E-state index in [0.29, 0.717) is 6.42 Å². The van der Waals surface area contributed by atoms with Gasteiger partial charge in [0.15, 0.2) is 5.78 Å². The predicted octanol–water partition coefficient (Wildman–Crippen LogP) is 3.04. The number of rotatable bonds is 8. The fourth-order valence-electron chi connectivity index (χ4n) is 1.47. The summed E-state index contributed by atoms with van der Waals surface area (Å²) in [5.74, 6) is -0.128. The van der Waals surface area contributed by atoms with Crippen LogP contribution in [-0.4, -0.2) is 27.3 Å². The summed E-state index contributed by atoms with van der Waals surface area (Å²) in [5.41, 5.74) is -1.22. The number of aliphatic hydroxyl groups is 1. The number of carbonyl (C=O) groups excluding carboxylic acids is 1. The Bertz CT molecular complexity index is 376. The normalized spacial score (nSPS) is 17.6. The second-order valence-corrected chi connectivity index (χ2v) is 5.44. The van der Waals surface area contributed by atoms with Crippen LogP contribution in [0, 0.1) is 0 Å². The maximum atomic E-state index is 11.7. The van der Waals surface area contributed by atoms with Gasteiger partial charge in [0.25, 0.3) is 0 Å². The molecule has 2 atom stereocenters. The van der Waals surface area contributed by atoms with E-state index >= 15 is 0 Å². The minimum Gasteiger partial charge on any atom is -0.386 e. The molecule has 0 aliphatic rings. The Morgan fingerprint density at radius 3 is 2.37 bits per heavy atom. The molecule has 108 valence electrons. The van der Waals surface area contributed by atoms with Gasteiger partial charge >= 0.3 is 0 Å². The summed E-state index contributed by atoms with van der Waals surface area (Å²) in [4.78, 5) is 16.1. The number of hydrogen-bond donors (Lipinski definition) is 2. The first-order valence-electron chi connectivity index (χ1n) is 6.18. The number of ketones is 1. The first-order chi connectivity index (χ1) is 8.64. The van der Waals surface area contributed by atoms with Crippen LogP contribution < -0.4 is 0 Å². The van der Waals surface area contributed by atoms with Gasteiger partial charge in [-0.15, -0.1) is 6.58 Å². The molecule has 0 rings (SSSR count). The molecule has 0 aromatic carbocycles. The molecule has 0 aromatic heterocycles. The van der Waals surface area contributed by atoms with Gasteiger partial charge < -0.3 is 5.11 Å². The largest absolute Gasteiger partial charge is 0.386 e. The third kappa shape index (κ3) is 7.72. The third-order valence-corrected chi connectivity index (χ3v) is 2.62. The smallest absolute Gasteiger partial charge is 0.158 e. The van der Waals surface area contributed by atoms with Crippen molar-refractivity contribution in [3.05, 3.63) is 36.5 Å². The topological polar surface area (TPSA) is 66.8 Å². The van der Waals surface area contributed by atoms with Crippen molar-refractivity contribution in [1.29, 1.82) is 0 Å². The van der Waals surface area contributed by atoms with Crippen LogP contribution in [0.2, 0.25) is 0 Å². The zero-order valence-corrected chi connectivity index (χ0v) is 12.1. The monoisotopic (exact) mass is 268 g/mol. The number of allylic oxidation sites excluding steroid dienone is 2. The van der Waals surface area contributed by atoms with Crippen LogP contribution in [0.25, 0.3) is 0 Å². The Labute approximate surface area is 115 Å². The molecule has 4 heteroatoms. The van der Waals surface area contributed by atoms with Crippen molar-refractivity contribution in [2.24, 2.45) is 0 Å². The van der Waals surface area contributed by atoms with E-state index in [1.54, 1.807) is 26.0 Å². The van der Waals surface area contributed by atoms with Crippen molar-refractivity contribution in [3.63, 3.8) is 0 Å². The van der Waals surface area contributed by atoms with Gasteiger partial charge in [0.2, 0.25) is 0 Å². The molecule has 0 heterocycles. The lowest BCUT2D eigenvalue weighted by molar-refractivity contribution is -0.301. The lowest BCUT2D eigenvalue weighted by atomic mass is 9.95. The van der Waals surface area contributed by atoms with Gasteiger partial charge in [0.05, 0.1) is 5.60 Å². The van der Waals surface area contributed by atoms with Crippen molar-refractivity contribution in [3.8, 4) is 0 Å². The highest BCUT2D eigenvalue weighted by molar-refractivity contribution is 5.91. The Balaban J connectivity index is 4.70. The average Bonchev–Trinajstić information content (AvgIpc) is 2.27. The molecule has 0 aliphatic carbocycles. The van der Waals surface area contributed by atoms with Gasteiger partial charge in [-0.2, -0.15) is 0 Å². The highest BCUT2D eigenvalue weighted by atomic mass is 17.1. The van der Waals surface area contributed by atoms with Crippen molar-refractivity contribution in [2.45, 2.75) is 51.7 Å². The summed E-state index contributed by atoms with van der Waals surface area (Å²) in [7, 11) is 0. The summed E-state index contributed by atoms with van der Waals surface area (Å²) >= 11 is 0. The second-order valence-electron chi connectivity index (χ2n) is 5.44. The van der Waals surface area contributed by atoms with Crippen molar-refractivity contribution >= 4 is 5.78 Å². The van der Waals surface area contributed by atoms with Crippen LogP contribution in [0.3, 0.4) is 0 Å². The van der Waals surface area contributed by atoms with Crippen LogP contribution in [0.4, 0.5) is 0 Å². The summed E-state index contributed by atoms with van der Waals surface area (Å²) in [6, 6.07) is 0. The van der Waals surface area contributed by atoms with E-state index in [0.717, 1.165) is 5.57 Å². The van der Waals surface area contributed by atoms with Crippen LogP contribution in [0.5, 0.6) is 0 Å². The Morgan fingerprint density at radius 2 is 1.95 bits per heavy atom. The highest BCUT2D eigenvalue weighted by Gasteiger charge is 2.25. The standard InChI is InChI=1S/C15H24O4/c1-6-14(4,17)8-7-9-15(5,19-18)11-13(16)10-12(2)3/h6-7,9-10,17-18H,1,8,11H2,2-5H3/b9-7+/t14-,15-/m1/s1. The molecule has 0 radical (unpaired) electrons. The molecule has 0 saturated carbocycles. The molecule has 0 aliphatic heterocycles. The zero-order valence-electron chi connectivity index (χ0n) is 12.1. The molecule has 4 nitrogen and oxygen atoms in total. The Hall–Kier alpha value is -1.23. The Morgan fingerprint density at radius 1 is 1.37 bits per heavy atom. The SMILES string of the molecule is C=C[C@@](C)(O)C/C=C/[C@](C)(CC(=O)C=C(C)C)OO. The molecule has 19 heavy (non-hydrogen) atoms. The van der Waals surface area contributed by atoms with E-state index in [4.69, 9.17) is 5.26 Å². The van der Waals surface area contributed by atoms with E-state index in [-0.39, 0.29) is 12.2 Å². The molecule has 0 bridgehead atoms. The van der Waals surface area contributed by atoms with Crippen LogP contribution in [-0.2, 0) is 9.68 Å². The summed E-state index contributed by atoms with van der Waals surface area (Å²) in [5, 5.41) is 18.7. The minimum atomic E-state index is -1.10. The van der Waals surface area contributed by atoms with Gasteiger partial charge in [-0.25, -0.2) is 4.89 Å².